The lowest BCUT2D eigenvalue weighted by atomic mass is 9.91. The SMILES string of the molecule is CC.COC1=CNC(C(F)F)C=C1c1cc(CC2CCOCC2)ncc1C(=O)NC(C)SC(C#CC1CC1)NN. The van der Waals surface area contributed by atoms with Gasteiger partial charge in [0.1, 0.15) is 17.2 Å². The highest BCUT2D eigenvalue weighted by Crippen LogP contribution is 2.32. The van der Waals surface area contributed by atoms with Gasteiger partial charge in [0, 0.05) is 48.4 Å². The standard InChI is InChI=1S/C27H35F2N5O3S.C2H6/c1-16(38-25(34-30)6-5-17-3-4-17)33-27(35)22-14-31-19(11-18-7-9-37-10-8-18)12-20(22)21-13-23(26(28)29)32-15-24(21)36-2;1-2/h12-18,23,25-26,32,34H,3-4,7-11,30H2,1-2H3,(H,33,35);1-2H3. The van der Waals surface area contributed by atoms with Gasteiger partial charge >= 0.3 is 0 Å². The Balaban J connectivity index is 0.00000216. The van der Waals surface area contributed by atoms with E-state index in [-0.39, 0.29) is 22.2 Å². The third kappa shape index (κ3) is 9.20. The molecule has 1 aliphatic carbocycles. The summed E-state index contributed by atoms with van der Waals surface area (Å²) in [5.74, 6) is 12.8. The molecule has 8 nitrogen and oxygen atoms in total. The zero-order valence-corrected chi connectivity index (χ0v) is 24.5. The summed E-state index contributed by atoms with van der Waals surface area (Å²) in [5, 5.41) is 4.94. The highest BCUT2D eigenvalue weighted by atomic mass is 32.2. The Morgan fingerprint density at radius 1 is 1.30 bits per heavy atom. The molecule has 1 aromatic heterocycles. The van der Waals surface area contributed by atoms with E-state index in [2.05, 4.69) is 32.9 Å². The fourth-order valence-electron chi connectivity index (χ4n) is 4.39. The smallest absolute Gasteiger partial charge is 0.261 e. The van der Waals surface area contributed by atoms with Gasteiger partial charge in [0.2, 0.25) is 0 Å². The summed E-state index contributed by atoms with van der Waals surface area (Å²) in [4.78, 5) is 18.0. The fourth-order valence-corrected chi connectivity index (χ4v) is 5.19. The minimum atomic E-state index is -2.63. The van der Waals surface area contributed by atoms with Crippen molar-refractivity contribution in [1.29, 1.82) is 0 Å². The van der Waals surface area contributed by atoms with Crippen molar-refractivity contribution in [3.05, 3.63) is 47.1 Å². The second kappa shape index (κ2) is 16.0. The third-order valence-electron chi connectivity index (χ3n) is 6.67. The van der Waals surface area contributed by atoms with Crippen LogP contribution in [0.4, 0.5) is 8.78 Å². The Labute approximate surface area is 240 Å². The molecule has 3 heterocycles. The molecule has 3 aliphatic rings. The van der Waals surface area contributed by atoms with E-state index in [0.29, 0.717) is 48.4 Å². The number of hydrazine groups is 1. The van der Waals surface area contributed by atoms with Crippen LogP contribution in [0.1, 0.15) is 68.1 Å². The van der Waals surface area contributed by atoms with Crippen molar-refractivity contribution in [2.24, 2.45) is 17.7 Å². The summed E-state index contributed by atoms with van der Waals surface area (Å²) in [6, 6.07) is 0.614. The first-order valence-electron chi connectivity index (χ1n) is 13.9. The maximum Gasteiger partial charge on any atom is 0.261 e. The van der Waals surface area contributed by atoms with Gasteiger partial charge in [-0.1, -0.05) is 25.7 Å². The normalized spacial score (nSPS) is 20.4. The zero-order valence-electron chi connectivity index (χ0n) is 23.6. The van der Waals surface area contributed by atoms with Crippen molar-refractivity contribution in [3.63, 3.8) is 0 Å². The number of rotatable bonds is 10. The van der Waals surface area contributed by atoms with Gasteiger partial charge in [0.05, 0.1) is 18.0 Å². The van der Waals surface area contributed by atoms with Gasteiger partial charge in [-0.3, -0.25) is 15.6 Å². The van der Waals surface area contributed by atoms with Gasteiger partial charge in [0.15, 0.2) is 0 Å². The van der Waals surface area contributed by atoms with Crippen LogP contribution in [0.25, 0.3) is 5.57 Å². The van der Waals surface area contributed by atoms with Crippen LogP contribution in [0, 0.1) is 23.7 Å². The molecule has 0 bridgehead atoms. The molecular formula is C29H41F2N5O3S. The van der Waals surface area contributed by atoms with E-state index in [1.54, 1.807) is 0 Å². The average Bonchev–Trinajstić information content (AvgIpc) is 3.81. The van der Waals surface area contributed by atoms with Gasteiger partial charge in [0.25, 0.3) is 12.3 Å². The topological polar surface area (TPSA) is 111 Å². The molecule has 0 aromatic carbocycles. The Morgan fingerprint density at radius 2 is 2.02 bits per heavy atom. The van der Waals surface area contributed by atoms with Gasteiger partial charge < -0.3 is 20.1 Å². The summed E-state index contributed by atoms with van der Waals surface area (Å²) in [6.07, 6.45) is 6.51. The number of ether oxygens (including phenoxy) is 2. The van der Waals surface area contributed by atoms with E-state index in [0.717, 1.165) is 31.4 Å². The van der Waals surface area contributed by atoms with Gasteiger partial charge in [-0.05, 0) is 57.1 Å². The van der Waals surface area contributed by atoms with Crippen LogP contribution in [-0.4, -0.2) is 54.4 Å². The van der Waals surface area contributed by atoms with Crippen molar-refractivity contribution < 1.29 is 23.0 Å². The third-order valence-corrected chi connectivity index (χ3v) is 7.72. The molecule has 2 aliphatic heterocycles. The second-order valence-corrected chi connectivity index (χ2v) is 11.1. The maximum atomic E-state index is 13.6. The van der Waals surface area contributed by atoms with Gasteiger partial charge in [-0.2, -0.15) is 0 Å². The summed E-state index contributed by atoms with van der Waals surface area (Å²) in [7, 11) is 1.47. The van der Waals surface area contributed by atoms with Crippen molar-refractivity contribution in [3.8, 4) is 11.8 Å². The molecule has 220 valence electrons. The van der Waals surface area contributed by atoms with E-state index in [1.165, 1.54) is 37.3 Å². The van der Waals surface area contributed by atoms with Crippen molar-refractivity contribution in [2.75, 3.05) is 20.3 Å². The molecule has 0 radical (unpaired) electrons. The van der Waals surface area contributed by atoms with Crippen LogP contribution < -0.4 is 21.9 Å². The lowest BCUT2D eigenvalue weighted by Gasteiger charge is -2.25. The summed E-state index contributed by atoms with van der Waals surface area (Å²) < 4.78 is 38.2. The number of carbonyl (C=O) groups is 1. The number of hydrogen-bond acceptors (Lipinski definition) is 8. The average molecular weight is 578 g/mol. The number of nitrogens with two attached hydrogens (primary N) is 1. The molecule has 1 amide bonds. The van der Waals surface area contributed by atoms with Crippen LogP contribution in [0.3, 0.4) is 0 Å². The highest BCUT2D eigenvalue weighted by molar-refractivity contribution is 8.00. The quantitative estimate of drug-likeness (QED) is 0.142. The van der Waals surface area contributed by atoms with E-state index in [9.17, 15) is 13.6 Å². The molecule has 4 rings (SSSR count). The van der Waals surface area contributed by atoms with Crippen molar-refractivity contribution in [1.82, 2.24) is 21.0 Å². The highest BCUT2D eigenvalue weighted by Gasteiger charge is 2.28. The van der Waals surface area contributed by atoms with E-state index < -0.39 is 12.5 Å². The predicted octanol–water partition coefficient (Wildman–Crippen LogP) is 4.20. The number of dihydropyridines is 1. The Hall–Kier alpha value is -2.65. The molecule has 2 fully saturated rings. The number of pyridine rings is 1. The van der Waals surface area contributed by atoms with Crippen LogP contribution in [0.5, 0.6) is 0 Å². The predicted molar refractivity (Wildman–Crippen MR) is 155 cm³/mol. The lowest BCUT2D eigenvalue weighted by molar-refractivity contribution is 0.0663. The Bertz CT molecular complexity index is 1110. The van der Waals surface area contributed by atoms with Crippen molar-refractivity contribution in [2.45, 2.75) is 76.1 Å². The number of allylic oxidation sites excluding steroid dienone is 1. The first kappa shape index (κ1) is 31.9. The van der Waals surface area contributed by atoms with Gasteiger partial charge in [-0.15, -0.1) is 11.8 Å². The monoisotopic (exact) mass is 577 g/mol. The second-order valence-electron chi connectivity index (χ2n) is 9.66. The molecular weight excluding hydrogens is 536 g/mol. The molecule has 1 saturated heterocycles. The number of halogens is 2. The number of nitrogens with one attached hydrogen (secondary N) is 3. The summed E-state index contributed by atoms with van der Waals surface area (Å²) >= 11 is 1.38. The van der Waals surface area contributed by atoms with Crippen LogP contribution >= 0.6 is 11.8 Å². The van der Waals surface area contributed by atoms with Crippen molar-refractivity contribution >= 4 is 23.2 Å². The van der Waals surface area contributed by atoms with E-state index in [4.69, 9.17) is 15.3 Å². The molecule has 0 spiro atoms. The molecule has 3 atom stereocenters. The number of nitrogens with zero attached hydrogens (tertiary/aromatic N) is 1. The number of alkyl halides is 2. The Kier molecular flexibility index (Phi) is 12.7. The number of thioether (sulfide) groups is 1. The lowest BCUT2D eigenvalue weighted by Crippen LogP contribution is -2.38. The molecule has 11 heteroatoms. The molecule has 5 N–H and O–H groups in total. The van der Waals surface area contributed by atoms with Crippen LogP contribution in [0.2, 0.25) is 0 Å². The molecule has 3 unspecified atom stereocenters. The maximum absolute atomic E-state index is 13.6. The Morgan fingerprint density at radius 3 is 2.65 bits per heavy atom. The van der Waals surface area contributed by atoms with Gasteiger partial charge in [-0.25, -0.2) is 14.2 Å². The number of hydrogen-bond donors (Lipinski definition) is 4. The number of amides is 1. The molecule has 1 saturated carbocycles. The minimum absolute atomic E-state index is 0.276. The molecule has 1 aromatic rings. The zero-order chi connectivity index (χ0) is 29.1. The number of carbonyl (C=O) groups excluding carboxylic acids is 1. The number of methoxy groups -OCH3 is 1. The minimum Gasteiger partial charge on any atom is -0.495 e. The fraction of sp³-hybridized carbons (Fsp3) is 0.586. The van der Waals surface area contributed by atoms with Crippen LogP contribution in [0.15, 0.2) is 30.3 Å². The summed E-state index contributed by atoms with van der Waals surface area (Å²) in [5.41, 5.74) is 4.66. The first-order chi connectivity index (χ1) is 19.4. The summed E-state index contributed by atoms with van der Waals surface area (Å²) in [6.45, 7) is 7.26. The number of aromatic nitrogens is 1. The van der Waals surface area contributed by atoms with Crippen LogP contribution in [-0.2, 0) is 15.9 Å². The van der Waals surface area contributed by atoms with E-state index >= 15 is 0 Å². The largest absolute Gasteiger partial charge is 0.495 e. The molecule has 40 heavy (non-hydrogen) atoms. The first-order valence-corrected chi connectivity index (χ1v) is 14.8. The van der Waals surface area contributed by atoms with E-state index in [1.807, 2.05) is 26.8 Å².